The summed E-state index contributed by atoms with van der Waals surface area (Å²) in [4.78, 5) is 22.7. The normalized spacial score (nSPS) is 18.6. The molecule has 0 spiro atoms. The Morgan fingerprint density at radius 2 is 1.93 bits per heavy atom. The van der Waals surface area contributed by atoms with Crippen LogP contribution in [0.3, 0.4) is 0 Å². The second-order valence-corrected chi connectivity index (χ2v) is 10.5. The van der Waals surface area contributed by atoms with E-state index in [-0.39, 0.29) is 46.7 Å². The molecule has 2 aliphatic heterocycles. The van der Waals surface area contributed by atoms with E-state index in [1.54, 1.807) is 6.07 Å². The zero-order valence-corrected chi connectivity index (χ0v) is 22.4. The second kappa shape index (κ2) is 11.4. The number of nitrogens with zero attached hydrogens (tertiary/aromatic N) is 5. The lowest BCUT2D eigenvalue weighted by Gasteiger charge is -2.28. The van der Waals surface area contributed by atoms with Crippen molar-refractivity contribution in [3.63, 3.8) is 0 Å². The molecule has 2 aromatic heterocycles. The number of aromatic nitrogens is 3. The molecule has 2 saturated heterocycles. The van der Waals surface area contributed by atoms with E-state index in [1.807, 2.05) is 10.6 Å². The molecule has 0 aliphatic carbocycles. The summed E-state index contributed by atoms with van der Waals surface area (Å²) in [6, 6.07) is 11.0. The lowest BCUT2D eigenvalue weighted by molar-refractivity contribution is -0.0591. The minimum Gasteiger partial charge on any atom is -0.484 e. The van der Waals surface area contributed by atoms with Crippen LogP contribution in [0.2, 0.25) is 0 Å². The number of hydrogen-bond donors (Lipinski definition) is 1. The highest BCUT2D eigenvalue weighted by atomic mass is 19.1. The molecular formula is C30H26F3N5O4. The number of carbonyl (C=O) groups is 1. The summed E-state index contributed by atoms with van der Waals surface area (Å²) < 4.78 is 56.5. The molecule has 12 heteroatoms. The number of benzene rings is 2. The predicted molar refractivity (Wildman–Crippen MR) is 143 cm³/mol. The number of carboxylic acid groups (broad SMARTS) is 1. The van der Waals surface area contributed by atoms with E-state index in [0.717, 1.165) is 25.0 Å². The van der Waals surface area contributed by atoms with Crippen LogP contribution >= 0.6 is 0 Å². The fraction of sp³-hybridized carbons (Fsp3) is 0.333. The second-order valence-electron chi connectivity index (χ2n) is 10.5. The quantitative estimate of drug-likeness (QED) is 0.303. The maximum atomic E-state index is 14.9. The first-order chi connectivity index (χ1) is 20.3. The third-order valence-electron chi connectivity index (χ3n) is 7.73. The van der Waals surface area contributed by atoms with Crippen molar-refractivity contribution in [2.75, 3.05) is 19.7 Å². The fourth-order valence-corrected chi connectivity index (χ4v) is 5.39. The molecule has 0 amide bonds. The van der Waals surface area contributed by atoms with Gasteiger partial charge in [-0.3, -0.25) is 9.88 Å². The smallest absolute Gasteiger partial charge is 0.335 e. The SMILES string of the molecule is N#Cc1ccc(OCc2nc([C@H]3CCN(Cc4nc5c(F)cc(C(=O)O)cc5n4C[C@@H]4CCO4)C3)ccc2F)c(F)c1. The van der Waals surface area contributed by atoms with Gasteiger partial charge >= 0.3 is 5.97 Å². The van der Waals surface area contributed by atoms with E-state index in [0.29, 0.717) is 49.8 Å². The molecule has 0 saturated carbocycles. The van der Waals surface area contributed by atoms with Gasteiger partial charge < -0.3 is 19.1 Å². The molecule has 6 rings (SSSR count). The molecule has 0 bridgehead atoms. The number of aromatic carboxylic acids is 1. The average Bonchev–Trinajstić information content (AvgIpc) is 3.55. The first-order valence-electron chi connectivity index (χ1n) is 13.5. The van der Waals surface area contributed by atoms with Crippen LogP contribution in [-0.2, 0) is 24.4 Å². The van der Waals surface area contributed by atoms with Gasteiger partial charge in [-0.1, -0.05) is 0 Å². The average molecular weight is 578 g/mol. The molecule has 2 aromatic carbocycles. The largest absolute Gasteiger partial charge is 0.484 e. The van der Waals surface area contributed by atoms with Crippen LogP contribution in [0.5, 0.6) is 5.75 Å². The minimum atomic E-state index is -1.22. The lowest BCUT2D eigenvalue weighted by Crippen LogP contribution is -2.32. The summed E-state index contributed by atoms with van der Waals surface area (Å²) >= 11 is 0. The minimum absolute atomic E-state index is 0.0147. The predicted octanol–water partition coefficient (Wildman–Crippen LogP) is 4.78. The van der Waals surface area contributed by atoms with Crippen molar-refractivity contribution in [2.45, 2.75) is 44.6 Å². The highest BCUT2D eigenvalue weighted by Gasteiger charge is 2.29. The van der Waals surface area contributed by atoms with Crippen molar-refractivity contribution in [3.05, 3.63) is 88.3 Å². The summed E-state index contributed by atoms with van der Waals surface area (Å²) in [5.74, 6) is -2.71. The van der Waals surface area contributed by atoms with E-state index < -0.39 is 23.4 Å². The van der Waals surface area contributed by atoms with E-state index >= 15 is 0 Å². The van der Waals surface area contributed by atoms with Crippen LogP contribution in [0.25, 0.3) is 11.0 Å². The molecule has 2 aliphatic rings. The number of imidazole rings is 1. The summed E-state index contributed by atoms with van der Waals surface area (Å²) in [6.07, 6.45) is 1.55. The Kier molecular flexibility index (Phi) is 7.53. The molecule has 4 heterocycles. The Labute approximate surface area is 238 Å². The Morgan fingerprint density at radius 1 is 1.10 bits per heavy atom. The van der Waals surface area contributed by atoms with Gasteiger partial charge in [-0.2, -0.15) is 5.26 Å². The van der Waals surface area contributed by atoms with Gasteiger partial charge in [0.2, 0.25) is 0 Å². The van der Waals surface area contributed by atoms with Gasteiger partial charge in [-0.05, 0) is 61.9 Å². The number of rotatable bonds is 9. The van der Waals surface area contributed by atoms with Crippen LogP contribution in [0.1, 0.15) is 51.9 Å². The topological polar surface area (TPSA) is 114 Å². The number of hydrogen-bond acceptors (Lipinski definition) is 7. The molecule has 2 atom stereocenters. The van der Waals surface area contributed by atoms with Crippen LogP contribution in [0.4, 0.5) is 13.2 Å². The maximum Gasteiger partial charge on any atom is 0.335 e. The summed E-state index contributed by atoms with van der Waals surface area (Å²) in [5.41, 5.74) is 1.26. The van der Waals surface area contributed by atoms with Crippen molar-refractivity contribution in [1.29, 1.82) is 5.26 Å². The van der Waals surface area contributed by atoms with E-state index in [2.05, 4.69) is 14.9 Å². The third kappa shape index (κ3) is 5.53. The first-order valence-corrected chi connectivity index (χ1v) is 13.5. The summed E-state index contributed by atoms with van der Waals surface area (Å²) in [6.45, 7) is 2.49. The number of likely N-dealkylation sites (tertiary alicyclic amines) is 1. The van der Waals surface area contributed by atoms with Crippen molar-refractivity contribution < 1.29 is 32.5 Å². The molecular weight excluding hydrogens is 551 g/mol. The van der Waals surface area contributed by atoms with Crippen LogP contribution in [0, 0.1) is 28.8 Å². The molecule has 42 heavy (non-hydrogen) atoms. The summed E-state index contributed by atoms with van der Waals surface area (Å²) in [5, 5.41) is 18.3. The molecule has 0 radical (unpaired) electrons. The number of fused-ring (bicyclic) bond motifs is 1. The summed E-state index contributed by atoms with van der Waals surface area (Å²) in [7, 11) is 0. The molecule has 9 nitrogen and oxygen atoms in total. The zero-order valence-electron chi connectivity index (χ0n) is 22.4. The molecule has 1 N–H and O–H groups in total. The van der Waals surface area contributed by atoms with Gasteiger partial charge in [0, 0.05) is 24.8 Å². The highest BCUT2D eigenvalue weighted by molar-refractivity contribution is 5.92. The van der Waals surface area contributed by atoms with Crippen LogP contribution < -0.4 is 4.74 Å². The maximum absolute atomic E-state index is 14.9. The highest BCUT2D eigenvalue weighted by Crippen LogP contribution is 2.30. The number of nitriles is 1. The van der Waals surface area contributed by atoms with Gasteiger partial charge in [0.15, 0.2) is 17.4 Å². The standard InChI is InChI=1S/C30H26F3N5O4/c31-21-2-3-24(35-25(21)16-42-27-4-1-17(12-34)9-22(27)32)18-5-7-37(13-18)15-28-36-29-23(33)10-19(30(39)40)11-26(29)38(28)14-20-6-8-41-20/h1-4,9-11,18,20H,5-8,13-16H2,(H,39,40)/t18-,20-/m0/s1. The molecule has 0 unspecified atom stereocenters. The third-order valence-corrected chi connectivity index (χ3v) is 7.73. The fourth-order valence-electron chi connectivity index (χ4n) is 5.39. The van der Waals surface area contributed by atoms with E-state index in [1.165, 1.54) is 24.3 Å². The Balaban J connectivity index is 1.18. The molecule has 216 valence electrons. The van der Waals surface area contributed by atoms with Crippen molar-refractivity contribution in [3.8, 4) is 11.8 Å². The van der Waals surface area contributed by atoms with E-state index in [4.69, 9.17) is 14.7 Å². The van der Waals surface area contributed by atoms with E-state index in [9.17, 15) is 23.1 Å². The van der Waals surface area contributed by atoms with Crippen LogP contribution in [0.15, 0.2) is 42.5 Å². The zero-order chi connectivity index (χ0) is 29.4. The van der Waals surface area contributed by atoms with Gasteiger partial charge in [-0.25, -0.2) is 22.9 Å². The Hall–Kier alpha value is -4.47. The number of carboxylic acids is 1. The molecule has 2 fully saturated rings. The van der Waals surface area contributed by atoms with Gasteiger partial charge in [0.25, 0.3) is 0 Å². The number of pyridine rings is 1. The van der Waals surface area contributed by atoms with Crippen molar-refractivity contribution >= 4 is 17.0 Å². The lowest BCUT2D eigenvalue weighted by atomic mass is 10.0. The first kappa shape index (κ1) is 27.7. The van der Waals surface area contributed by atoms with Crippen molar-refractivity contribution in [1.82, 2.24) is 19.4 Å². The van der Waals surface area contributed by atoms with Gasteiger partial charge in [0.05, 0.1) is 41.9 Å². The van der Waals surface area contributed by atoms with Crippen LogP contribution in [-0.4, -0.2) is 56.3 Å². The van der Waals surface area contributed by atoms with Gasteiger partial charge in [-0.15, -0.1) is 0 Å². The number of ether oxygens (including phenoxy) is 2. The van der Waals surface area contributed by atoms with Gasteiger partial charge in [0.1, 0.15) is 29.5 Å². The van der Waals surface area contributed by atoms with Crippen molar-refractivity contribution in [2.24, 2.45) is 0 Å². The monoisotopic (exact) mass is 577 g/mol. The number of halogens is 3. The Bertz CT molecular complexity index is 1720. The molecule has 4 aromatic rings. The Morgan fingerprint density at radius 3 is 2.64 bits per heavy atom.